The zero-order valence-electron chi connectivity index (χ0n) is 22.8. The van der Waals surface area contributed by atoms with E-state index in [2.05, 4.69) is 15.8 Å². The predicted molar refractivity (Wildman–Crippen MR) is 161 cm³/mol. The highest BCUT2D eigenvalue weighted by molar-refractivity contribution is 8.00. The van der Waals surface area contributed by atoms with Crippen LogP contribution in [0.1, 0.15) is 64.5 Å². The molecule has 1 heterocycles. The highest BCUT2D eigenvalue weighted by Crippen LogP contribution is 2.39. The second kappa shape index (κ2) is 14.0. The summed E-state index contributed by atoms with van der Waals surface area (Å²) in [4.78, 5) is 39.2. The number of nitrogens with one attached hydrogen (secondary N) is 2. The van der Waals surface area contributed by atoms with Crippen molar-refractivity contribution >= 4 is 35.7 Å². The molecule has 1 saturated carbocycles. The molecule has 0 unspecified atom stereocenters. The molecule has 1 atom stereocenters. The number of carbonyl (C=O) groups excluding carboxylic acids is 3. The van der Waals surface area contributed by atoms with E-state index in [0.29, 0.717) is 23.6 Å². The Morgan fingerprint density at radius 1 is 0.951 bits per heavy atom. The molecule has 0 bridgehead atoms. The van der Waals surface area contributed by atoms with E-state index in [1.54, 1.807) is 54.4 Å². The van der Waals surface area contributed by atoms with Crippen molar-refractivity contribution in [1.82, 2.24) is 15.6 Å². The van der Waals surface area contributed by atoms with Crippen LogP contribution in [0.15, 0.2) is 84.0 Å². The summed E-state index contributed by atoms with van der Waals surface area (Å²) < 4.78 is 5.60. The second-order valence-electron chi connectivity index (χ2n) is 10.3. The minimum atomic E-state index is -0.326. The maximum absolute atomic E-state index is 12.6. The Labute approximate surface area is 244 Å². The maximum atomic E-state index is 12.6. The average Bonchev–Trinajstić information content (AvgIpc) is 3.37. The van der Waals surface area contributed by atoms with Gasteiger partial charge in [0.15, 0.2) is 6.61 Å². The van der Waals surface area contributed by atoms with E-state index in [0.717, 1.165) is 29.5 Å². The first-order chi connectivity index (χ1) is 20.0. The van der Waals surface area contributed by atoms with Gasteiger partial charge >= 0.3 is 0 Å². The van der Waals surface area contributed by atoms with Crippen molar-refractivity contribution < 1.29 is 19.1 Å². The highest BCUT2D eigenvalue weighted by Gasteiger charge is 2.32. The van der Waals surface area contributed by atoms with Gasteiger partial charge in [0.2, 0.25) is 5.91 Å². The number of hydrogen-bond donors (Lipinski definition) is 2. The number of nitrogens with zero attached hydrogens (tertiary/aromatic N) is 2. The number of carbonyl (C=O) groups is 3. The van der Waals surface area contributed by atoms with Crippen LogP contribution in [0.2, 0.25) is 0 Å². The third-order valence-corrected chi connectivity index (χ3v) is 8.48. The Bertz CT molecular complexity index is 1360. The molecule has 2 N–H and O–H groups in total. The molecule has 3 aromatic rings. The lowest BCUT2D eigenvalue weighted by atomic mass is 9.95. The first-order valence-electron chi connectivity index (χ1n) is 14.0. The Balaban J connectivity index is 1.08. The molecule has 9 heteroatoms. The average molecular weight is 571 g/mol. The van der Waals surface area contributed by atoms with Gasteiger partial charge in [-0.3, -0.25) is 14.4 Å². The highest BCUT2D eigenvalue weighted by atomic mass is 32.2. The molecule has 8 nitrogen and oxygen atoms in total. The molecule has 3 amide bonds. The van der Waals surface area contributed by atoms with Crippen molar-refractivity contribution in [1.29, 1.82) is 0 Å². The van der Waals surface area contributed by atoms with Crippen LogP contribution in [0, 0.1) is 0 Å². The fraction of sp³-hybridized carbons (Fsp3) is 0.312. The van der Waals surface area contributed by atoms with E-state index < -0.39 is 0 Å². The maximum Gasteiger partial charge on any atom is 0.271 e. The van der Waals surface area contributed by atoms with E-state index in [1.807, 2.05) is 47.4 Å². The van der Waals surface area contributed by atoms with Crippen molar-refractivity contribution in [2.75, 3.05) is 12.4 Å². The van der Waals surface area contributed by atoms with Gasteiger partial charge in [-0.2, -0.15) is 5.10 Å². The van der Waals surface area contributed by atoms with Crippen molar-refractivity contribution in [3.8, 4) is 5.75 Å². The molecule has 0 radical (unpaired) electrons. The lowest BCUT2D eigenvalue weighted by molar-refractivity contribution is -0.128. The molecule has 3 aromatic carbocycles. The summed E-state index contributed by atoms with van der Waals surface area (Å²) in [5.41, 5.74) is 5.87. The second-order valence-corrected chi connectivity index (χ2v) is 11.3. The summed E-state index contributed by atoms with van der Waals surface area (Å²) >= 11 is 1.59. The minimum Gasteiger partial charge on any atom is -0.484 e. The largest absolute Gasteiger partial charge is 0.484 e. The third-order valence-electron chi connectivity index (χ3n) is 7.22. The molecule has 0 aromatic heterocycles. The molecule has 1 aliphatic heterocycles. The van der Waals surface area contributed by atoms with Gasteiger partial charge in [-0.1, -0.05) is 61.7 Å². The van der Waals surface area contributed by atoms with Crippen LogP contribution in [0.4, 0.5) is 0 Å². The smallest absolute Gasteiger partial charge is 0.271 e. The molecular weight excluding hydrogens is 536 g/mol. The van der Waals surface area contributed by atoms with Gasteiger partial charge in [0.05, 0.1) is 12.0 Å². The van der Waals surface area contributed by atoms with Crippen molar-refractivity contribution in [3.63, 3.8) is 0 Å². The zero-order valence-corrected chi connectivity index (χ0v) is 23.6. The fourth-order valence-electron chi connectivity index (χ4n) is 5.03. The van der Waals surface area contributed by atoms with E-state index in [1.165, 1.54) is 19.3 Å². The fourth-order valence-corrected chi connectivity index (χ4v) is 6.21. The number of rotatable bonds is 10. The summed E-state index contributed by atoms with van der Waals surface area (Å²) in [5, 5.41) is 7.02. The Morgan fingerprint density at radius 2 is 1.68 bits per heavy atom. The van der Waals surface area contributed by atoms with Crippen LogP contribution in [-0.4, -0.2) is 47.2 Å². The quantitative estimate of drug-likeness (QED) is 0.262. The number of benzene rings is 3. The van der Waals surface area contributed by atoms with Gasteiger partial charge in [0.25, 0.3) is 11.8 Å². The van der Waals surface area contributed by atoms with Crippen molar-refractivity contribution in [3.05, 3.63) is 101 Å². The van der Waals surface area contributed by atoms with Crippen LogP contribution >= 0.6 is 11.8 Å². The van der Waals surface area contributed by atoms with Gasteiger partial charge in [-0.25, -0.2) is 5.43 Å². The topological polar surface area (TPSA) is 100 Å². The Morgan fingerprint density at radius 3 is 2.41 bits per heavy atom. The van der Waals surface area contributed by atoms with E-state index in [-0.39, 0.29) is 35.7 Å². The molecule has 5 rings (SSSR count). The SMILES string of the molecule is O=C(COc1ccc(/C=N\NC(=O)c2ccc([C@@H]3SCC(=O)N3Cc3ccccc3)cc2)cc1)NC1CCCCC1. The Kier molecular flexibility index (Phi) is 9.69. The van der Waals surface area contributed by atoms with Gasteiger partial charge in [0.1, 0.15) is 11.1 Å². The van der Waals surface area contributed by atoms with E-state index >= 15 is 0 Å². The number of ether oxygens (including phenoxy) is 1. The summed E-state index contributed by atoms with van der Waals surface area (Å²) in [7, 11) is 0. The van der Waals surface area contributed by atoms with Crippen LogP contribution in [0.3, 0.4) is 0 Å². The van der Waals surface area contributed by atoms with Crippen molar-refractivity contribution in [2.45, 2.75) is 50.1 Å². The summed E-state index contributed by atoms with van der Waals surface area (Å²) in [6.07, 6.45) is 7.20. The number of hydrogen-bond acceptors (Lipinski definition) is 6. The van der Waals surface area contributed by atoms with Crippen LogP contribution in [0.5, 0.6) is 5.75 Å². The molecule has 1 saturated heterocycles. The molecule has 2 fully saturated rings. The van der Waals surface area contributed by atoms with Crippen molar-refractivity contribution in [2.24, 2.45) is 5.10 Å². The molecule has 1 aliphatic carbocycles. The van der Waals surface area contributed by atoms with E-state index in [4.69, 9.17) is 4.74 Å². The first kappa shape index (κ1) is 28.4. The lowest BCUT2D eigenvalue weighted by Crippen LogP contribution is -2.38. The van der Waals surface area contributed by atoms with E-state index in [9.17, 15) is 14.4 Å². The number of thioether (sulfide) groups is 1. The number of hydrazone groups is 1. The molecule has 41 heavy (non-hydrogen) atoms. The summed E-state index contributed by atoms with van der Waals surface area (Å²) in [6.45, 7) is 0.538. The van der Waals surface area contributed by atoms with Gasteiger partial charge in [-0.05, 0) is 65.9 Å². The van der Waals surface area contributed by atoms with Gasteiger partial charge in [-0.15, -0.1) is 11.8 Å². The lowest BCUT2D eigenvalue weighted by Gasteiger charge is -2.24. The van der Waals surface area contributed by atoms with Gasteiger partial charge in [0, 0.05) is 18.2 Å². The zero-order chi connectivity index (χ0) is 28.4. The third kappa shape index (κ3) is 7.98. The Hall–Kier alpha value is -4.11. The summed E-state index contributed by atoms with van der Waals surface area (Å²) in [5.74, 6) is 0.720. The minimum absolute atomic E-state index is 0.0143. The monoisotopic (exact) mass is 570 g/mol. The molecule has 0 spiro atoms. The van der Waals surface area contributed by atoms with Crippen LogP contribution in [0.25, 0.3) is 0 Å². The first-order valence-corrected chi connectivity index (χ1v) is 15.0. The standard InChI is InChI=1S/C32H34N4O4S/c37-29(34-27-9-5-2-6-10-27)21-40-28-17-11-23(12-18-28)19-33-35-31(39)25-13-15-26(16-14-25)32-36(30(38)22-41-32)20-24-7-3-1-4-8-24/h1,3-4,7-8,11-19,27,32H,2,5-6,9-10,20-22H2,(H,34,37)(H,35,39)/b33-19-/t32-/m0/s1. The normalized spacial score (nSPS) is 17.5. The van der Waals surface area contributed by atoms with Crippen LogP contribution < -0.4 is 15.5 Å². The van der Waals surface area contributed by atoms with Crippen LogP contribution in [-0.2, 0) is 16.1 Å². The summed E-state index contributed by atoms with van der Waals surface area (Å²) in [6, 6.07) is 24.6. The number of amides is 3. The molecule has 2 aliphatic rings. The molecular formula is C32H34N4O4S. The molecule has 212 valence electrons. The van der Waals surface area contributed by atoms with Gasteiger partial charge < -0.3 is 15.0 Å². The predicted octanol–water partition coefficient (Wildman–Crippen LogP) is 5.05.